The number of hydrogen-bond acceptors (Lipinski definition) is 4. The van der Waals surface area contributed by atoms with Gasteiger partial charge in [0.2, 0.25) is 0 Å². The van der Waals surface area contributed by atoms with Gasteiger partial charge in [-0.3, -0.25) is 4.79 Å². The normalized spacial score (nSPS) is 19.7. The fourth-order valence-corrected chi connectivity index (χ4v) is 1.47. The number of ether oxygens (including phenoxy) is 2. The molecule has 0 heterocycles. The highest BCUT2D eigenvalue weighted by molar-refractivity contribution is 5.70. The van der Waals surface area contributed by atoms with Gasteiger partial charge in [-0.15, -0.1) is 0 Å². The van der Waals surface area contributed by atoms with Crippen LogP contribution in [0.3, 0.4) is 0 Å². The molecule has 2 atom stereocenters. The first-order chi connectivity index (χ1) is 7.13. The third-order valence-electron chi connectivity index (χ3n) is 2.52. The average molecular weight is 215 g/mol. The van der Waals surface area contributed by atoms with Crippen molar-refractivity contribution in [2.45, 2.75) is 45.3 Å². The minimum Gasteiger partial charge on any atom is -0.460 e. The Balaban J connectivity index is 2.10. The van der Waals surface area contributed by atoms with Gasteiger partial charge in [-0.25, -0.2) is 0 Å². The van der Waals surface area contributed by atoms with Crippen LogP contribution in [0.4, 0.5) is 0 Å². The van der Waals surface area contributed by atoms with E-state index in [1.54, 1.807) is 0 Å². The van der Waals surface area contributed by atoms with E-state index in [0.717, 1.165) is 12.8 Å². The topological polar surface area (TPSA) is 61.5 Å². The Hall–Kier alpha value is -0.610. The molecular weight excluding hydrogens is 194 g/mol. The molecule has 1 saturated carbocycles. The summed E-state index contributed by atoms with van der Waals surface area (Å²) >= 11 is 0. The Labute approximate surface area is 91.1 Å². The number of esters is 1. The van der Waals surface area contributed by atoms with Crippen molar-refractivity contribution in [1.82, 2.24) is 0 Å². The van der Waals surface area contributed by atoms with Crippen LogP contribution in [0.25, 0.3) is 0 Å². The van der Waals surface area contributed by atoms with Crippen LogP contribution in [0, 0.1) is 5.92 Å². The molecule has 1 fully saturated rings. The first-order valence-corrected chi connectivity index (χ1v) is 5.66. The summed E-state index contributed by atoms with van der Waals surface area (Å²) in [5, 5.41) is 0. The lowest BCUT2D eigenvalue weighted by Crippen LogP contribution is -2.29. The summed E-state index contributed by atoms with van der Waals surface area (Å²) in [5.74, 6) is 0.335. The highest BCUT2D eigenvalue weighted by atomic mass is 16.6. The molecule has 0 radical (unpaired) electrons. The molecule has 4 nitrogen and oxygen atoms in total. The van der Waals surface area contributed by atoms with Crippen molar-refractivity contribution in [3.63, 3.8) is 0 Å². The van der Waals surface area contributed by atoms with Gasteiger partial charge in [-0.05, 0) is 32.6 Å². The third-order valence-corrected chi connectivity index (χ3v) is 2.52. The molecule has 0 saturated heterocycles. The molecule has 0 aromatic carbocycles. The van der Waals surface area contributed by atoms with Crippen molar-refractivity contribution in [2.75, 3.05) is 13.2 Å². The van der Waals surface area contributed by atoms with Crippen LogP contribution in [-0.2, 0) is 14.3 Å². The van der Waals surface area contributed by atoms with Crippen LogP contribution in [0.2, 0.25) is 0 Å². The molecule has 0 bridgehead atoms. The second-order valence-corrected chi connectivity index (χ2v) is 4.17. The Morgan fingerprint density at radius 1 is 1.53 bits per heavy atom. The lowest BCUT2D eigenvalue weighted by atomic mass is 10.1. The van der Waals surface area contributed by atoms with E-state index >= 15 is 0 Å². The van der Waals surface area contributed by atoms with E-state index in [2.05, 4.69) is 0 Å². The highest BCUT2D eigenvalue weighted by Gasteiger charge is 2.30. The summed E-state index contributed by atoms with van der Waals surface area (Å²) in [6.07, 6.45) is 2.47. The zero-order valence-corrected chi connectivity index (χ0v) is 9.57. The molecule has 0 aromatic rings. The largest absolute Gasteiger partial charge is 0.460 e. The second-order valence-electron chi connectivity index (χ2n) is 4.17. The summed E-state index contributed by atoms with van der Waals surface area (Å²) in [6, 6.07) is -0.0169. The van der Waals surface area contributed by atoms with E-state index in [1.807, 2.05) is 13.8 Å². The first kappa shape index (κ1) is 12.5. The summed E-state index contributed by atoms with van der Waals surface area (Å²) in [6.45, 7) is 4.85. The van der Waals surface area contributed by atoms with Gasteiger partial charge in [0, 0.05) is 12.6 Å². The smallest absolute Gasteiger partial charge is 0.307 e. The molecular formula is C11H21NO3. The molecule has 88 valence electrons. The fraction of sp³-hybridized carbons (Fsp3) is 0.909. The van der Waals surface area contributed by atoms with Crippen LogP contribution in [-0.4, -0.2) is 31.3 Å². The SMILES string of the molecule is CCOCC(C)OC(=O)CC(N)C1CC1. The number of nitrogens with two attached hydrogens (primary N) is 1. The molecule has 1 aliphatic carbocycles. The monoisotopic (exact) mass is 215 g/mol. The van der Waals surface area contributed by atoms with Crippen molar-refractivity contribution < 1.29 is 14.3 Å². The lowest BCUT2D eigenvalue weighted by molar-refractivity contribution is -0.151. The number of carbonyl (C=O) groups is 1. The minimum absolute atomic E-state index is 0.0169. The molecule has 0 aromatic heterocycles. The molecule has 4 heteroatoms. The Kier molecular flexibility index (Phi) is 5.05. The molecule has 15 heavy (non-hydrogen) atoms. The van der Waals surface area contributed by atoms with E-state index in [9.17, 15) is 4.79 Å². The first-order valence-electron chi connectivity index (χ1n) is 5.66. The summed E-state index contributed by atoms with van der Waals surface area (Å²) in [4.78, 5) is 11.4. The van der Waals surface area contributed by atoms with E-state index in [0.29, 0.717) is 25.6 Å². The van der Waals surface area contributed by atoms with Crippen LogP contribution >= 0.6 is 0 Å². The van der Waals surface area contributed by atoms with Gasteiger partial charge in [0.05, 0.1) is 13.0 Å². The minimum atomic E-state index is -0.207. The predicted octanol–water partition coefficient (Wildman–Crippen LogP) is 1.08. The van der Waals surface area contributed by atoms with Crippen LogP contribution < -0.4 is 5.73 Å². The Morgan fingerprint density at radius 3 is 2.73 bits per heavy atom. The highest BCUT2D eigenvalue weighted by Crippen LogP contribution is 2.32. The van der Waals surface area contributed by atoms with Crippen LogP contribution in [0.1, 0.15) is 33.1 Å². The van der Waals surface area contributed by atoms with Gasteiger partial charge in [0.25, 0.3) is 0 Å². The molecule has 0 amide bonds. The van der Waals surface area contributed by atoms with Crippen molar-refractivity contribution in [1.29, 1.82) is 0 Å². The van der Waals surface area contributed by atoms with Gasteiger partial charge in [-0.2, -0.15) is 0 Å². The summed E-state index contributed by atoms with van der Waals surface area (Å²) in [5.41, 5.74) is 5.82. The van der Waals surface area contributed by atoms with E-state index in [-0.39, 0.29) is 18.1 Å². The van der Waals surface area contributed by atoms with Gasteiger partial charge >= 0.3 is 5.97 Å². The molecule has 0 spiro atoms. The van der Waals surface area contributed by atoms with Crippen molar-refractivity contribution in [3.8, 4) is 0 Å². The van der Waals surface area contributed by atoms with E-state index < -0.39 is 0 Å². The molecule has 2 N–H and O–H groups in total. The number of hydrogen-bond donors (Lipinski definition) is 1. The standard InChI is InChI=1S/C11H21NO3/c1-3-14-7-8(2)15-11(13)6-10(12)9-4-5-9/h8-10H,3-7,12H2,1-2H3. The zero-order chi connectivity index (χ0) is 11.3. The van der Waals surface area contributed by atoms with Crippen LogP contribution in [0.5, 0.6) is 0 Å². The molecule has 1 rings (SSSR count). The molecule has 1 aliphatic rings. The number of carbonyl (C=O) groups excluding carboxylic acids is 1. The van der Waals surface area contributed by atoms with E-state index in [1.165, 1.54) is 0 Å². The fourth-order valence-electron chi connectivity index (χ4n) is 1.47. The maximum absolute atomic E-state index is 11.4. The zero-order valence-electron chi connectivity index (χ0n) is 9.57. The van der Waals surface area contributed by atoms with E-state index in [4.69, 9.17) is 15.2 Å². The maximum Gasteiger partial charge on any atom is 0.307 e. The molecule has 0 aliphatic heterocycles. The van der Waals surface area contributed by atoms with Gasteiger partial charge < -0.3 is 15.2 Å². The van der Waals surface area contributed by atoms with Crippen molar-refractivity contribution >= 4 is 5.97 Å². The second kappa shape index (κ2) is 6.08. The summed E-state index contributed by atoms with van der Waals surface area (Å²) < 4.78 is 10.3. The van der Waals surface area contributed by atoms with Gasteiger partial charge in [0.15, 0.2) is 0 Å². The maximum atomic E-state index is 11.4. The third kappa shape index (κ3) is 5.14. The van der Waals surface area contributed by atoms with Crippen molar-refractivity contribution in [3.05, 3.63) is 0 Å². The molecule has 2 unspecified atom stereocenters. The Bertz CT molecular complexity index is 204. The van der Waals surface area contributed by atoms with Crippen molar-refractivity contribution in [2.24, 2.45) is 11.7 Å². The Morgan fingerprint density at radius 2 is 2.20 bits per heavy atom. The lowest BCUT2D eigenvalue weighted by Gasteiger charge is -2.15. The summed E-state index contributed by atoms with van der Waals surface area (Å²) in [7, 11) is 0. The predicted molar refractivity (Wildman–Crippen MR) is 57.4 cm³/mol. The number of rotatable bonds is 7. The quantitative estimate of drug-likeness (QED) is 0.646. The average Bonchev–Trinajstić information content (AvgIpc) is 2.97. The van der Waals surface area contributed by atoms with Crippen LogP contribution in [0.15, 0.2) is 0 Å². The van der Waals surface area contributed by atoms with Gasteiger partial charge in [-0.1, -0.05) is 0 Å². The van der Waals surface area contributed by atoms with Gasteiger partial charge in [0.1, 0.15) is 6.10 Å².